The summed E-state index contributed by atoms with van der Waals surface area (Å²) in [5, 5.41) is 3.36. The van der Waals surface area contributed by atoms with Crippen molar-refractivity contribution in [2.24, 2.45) is 4.99 Å². The minimum Gasteiger partial charge on any atom is -0.380 e. The summed E-state index contributed by atoms with van der Waals surface area (Å²) in [6.45, 7) is 7.42. The van der Waals surface area contributed by atoms with Gasteiger partial charge in [-0.1, -0.05) is 24.3 Å². The molecule has 0 radical (unpaired) electrons. The quantitative estimate of drug-likeness (QED) is 0.473. The number of guanidine groups is 1. The van der Waals surface area contributed by atoms with Gasteiger partial charge in [-0.05, 0) is 25.0 Å². The van der Waals surface area contributed by atoms with Crippen LogP contribution in [0.1, 0.15) is 25.0 Å². The molecule has 1 heterocycles. The maximum absolute atomic E-state index is 12.5. The molecule has 0 bridgehead atoms. The lowest BCUT2D eigenvalue weighted by Gasteiger charge is -2.35. The predicted molar refractivity (Wildman–Crippen MR) is 115 cm³/mol. The molecule has 9 heteroatoms. The van der Waals surface area contributed by atoms with E-state index in [1.54, 1.807) is 18.5 Å². The Hall–Kier alpha value is -1.68. The molecule has 0 unspecified atom stereocenters. The van der Waals surface area contributed by atoms with Gasteiger partial charge in [0.1, 0.15) is 0 Å². The molecule has 0 spiro atoms. The van der Waals surface area contributed by atoms with Gasteiger partial charge in [0.05, 0.1) is 25.1 Å². The molecule has 0 saturated carbocycles. The van der Waals surface area contributed by atoms with Crippen LogP contribution in [0.4, 0.5) is 0 Å². The Morgan fingerprint density at radius 1 is 1.14 bits per heavy atom. The van der Waals surface area contributed by atoms with Crippen molar-refractivity contribution in [3.8, 4) is 0 Å². The second kappa shape index (κ2) is 11.5. The fourth-order valence-electron chi connectivity index (χ4n) is 3.13. The van der Waals surface area contributed by atoms with Crippen LogP contribution < -0.4 is 5.32 Å². The Morgan fingerprint density at radius 2 is 1.76 bits per heavy atom. The summed E-state index contributed by atoms with van der Waals surface area (Å²) < 4.78 is 37.0. The Morgan fingerprint density at radius 3 is 2.31 bits per heavy atom. The largest absolute Gasteiger partial charge is 0.380 e. The van der Waals surface area contributed by atoms with Gasteiger partial charge in [0.25, 0.3) is 0 Å². The first kappa shape index (κ1) is 23.6. The number of hydrogen-bond donors (Lipinski definition) is 1. The first-order chi connectivity index (χ1) is 13.9. The van der Waals surface area contributed by atoms with Crippen molar-refractivity contribution >= 4 is 16.0 Å². The third kappa shape index (κ3) is 7.58. The topological polar surface area (TPSA) is 83.5 Å². The highest BCUT2D eigenvalue weighted by atomic mass is 32.2. The lowest BCUT2D eigenvalue weighted by atomic mass is 10.1. The third-order valence-electron chi connectivity index (χ3n) is 4.72. The normalized spacial score (nSPS) is 16.4. The number of piperazine rings is 1. The van der Waals surface area contributed by atoms with Crippen molar-refractivity contribution in [1.29, 1.82) is 0 Å². The zero-order valence-corrected chi connectivity index (χ0v) is 18.7. The summed E-state index contributed by atoms with van der Waals surface area (Å²) in [6.07, 6.45) is 0.0348. The highest BCUT2D eigenvalue weighted by molar-refractivity contribution is 7.89. The number of aliphatic imine (C=N–C) groups is 1. The Bertz CT molecular complexity index is 742. The summed E-state index contributed by atoms with van der Waals surface area (Å²) in [7, 11) is 0.143. The van der Waals surface area contributed by atoms with Crippen LogP contribution in [0.3, 0.4) is 0 Å². The van der Waals surface area contributed by atoms with Gasteiger partial charge < -0.3 is 19.7 Å². The van der Waals surface area contributed by atoms with Crippen LogP contribution >= 0.6 is 0 Å². The Labute approximate surface area is 174 Å². The number of sulfonamides is 1. The molecule has 1 aromatic carbocycles. The molecule has 8 nitrogen and oxygen atoms in total. The molecule has 164 valence electrons. The average molecular weight is 427 g/mol. The SMILES string of the molecule is CN=C(NCc1ccc(COC)cc1)N1CCN(S(=O)(=O)CCOC(C)C)CC1. The summed E-state index contributed by atoms with van der Waals surface area (Å²) in [4.78, 5) is 6.45. The van der Waals surface area contributed by atoms with E-state index in [2.05, 4.69) is 39.5 Å². The van der Waals surface area contributed by atoms with E-state index < -0.39 is 10.0 Å². The molecule has 2 rings (SSSR count). The maximum atomic E-state index is 12.5. The smallest absolute Gasteiger partial charge is 0.216 e. The van der Waals surface area contributed by atoms with Gasteiger partial charge >= 0.3 is 0 Å². The van der Waals surface area contributed by atoms with Gasteiger partial charge in [0, 0.05) is 46.9 Å². The van der Waals surface area contributed by atoms with Crippen molar-refractivity contribution in [2.75, 3.05) is 52.7 Å². The highest BCUT2D eigenvalue weighted by Gasteiger charge is 2.27. The van der Waals surface area contributed by atoms with E-state index in [4.69, 9.17) is 9.47 Å². The van der Waals surface area contributed by atoms with E-state index in [9.17, 15) is 8.42 Å². The van der Waals surface area contributed by atoms with E-state index in [-0.39, 0.29) is 18.5 Å². The monoisotopic (exact) mass is 426 g/mol. The van der Waals surface area contributed by atoms with Gasteiger partial charge in [0.15, 0.2) is 5.96 Å². The minimum atomic E-state index is -3.29. The number of nitrogens with one attached hydrogen (secondary N) is 1. The van der Waals surface area contributed by atoms with Crippen LogP contribution in [-0.4, -0.2) is 82.4 Å². The second-order valence-electron chi connectivity index (χ2n) is 7.27. The predicted octanol–water partition coefficient (Wildman–Crippen LogP) is 1.28. The molecule has 0 amide bonds. The zero-order valence-electron chi connectivity index (χ0n) is 17.9. The van der Waals surface area contributed by atoms with Crippen molar-refractivity contribution in [2.45, 2.75) is 33.1 Å². The van der Waals surface area contributed by atoms with Crippen molar-refractivity contribution in [3.63, 3.8) is 0 Å². The zero-order chi connectivity index (χ0) is 21.3. The van der Waals surface area contributed by atoms with Gasteiger partial charge in [-0.3, -0.25) is 4.99 Å². The number of benzene rings is 1. The molecule has 0 aromatic heterocycles. The van der Waals surface area contributed by atoms with E-state index in [0.29, 0.717) is 39.3 Å². The molecule has 1 fully saturated rings. The summed E-state index contributed by atoms with van der Waals surface area (Å²) >= 11 is 0. The summed E-state index contributed by atoms with van der Waals surface area (Å²) in [5.74, 6) is 0.808. The standard InChI is InChI=1S/C20H34N4O4S/c1-17(2)28-13-14-29(25,26)24-11-9-23(10-12-24)20(21-3)22-15-18-5-7-19(8-6-18)16-27-4/h5-8,17H,9-16H2,1-4H3,(H,21,22). The van der Waals surface area contributed by atoms with E-state index in [1.807, 2.05) is 13.8 Å². The molecular weight excluding hydrogens is 392 g/mol. The summed E-state index contributed by atoms with van der Waals surface area (Å²) in [5.41, 5.74) is 2.29. The van der Waals surface area contributed by atoms with Crippen LogP contribution in [0.15, 0.2) is 29.3 Å². The molecule has 29 heavy (non-hydrogen) atoms. The molecule has 0 atom stereocenters. The fraction of sp³-hybridized carbons (Fsp3) is 0.650. The molecule has 1 aliphatic heterocycles. The van der Waals surface area contributed by atoms with Crippen molar-refractivity contribution in [3.05, 3.63) is 35.4 Å². The van der Waals surface area contributed by atoms with Gasteiger partial charge in [-0.25, -0.2) is 8.42 Å². The van der Waals surface area contributed by atoms with Crippen molar-refractivity contribution < 1.29 is 17.9 Å². The van der Waals surface area contributed by atoms with E-state index >= 15 is 0 Å². The van der Waals surface area contributed by atoms with Gasteiger partial charge in [0.2, 0.25) is 10.0 Å². The first-order valence-corrected chi connectivity index (χ1v) is 11.6. The average Bonchev–Trinajstić information content (AvgIpc) is 2.70. The third-order valence-corrected chi connectivity index (χ3v) is 6.55. The molecular formula is C20H34N4O4S. The Balaban J connectivity index is 1.82. The van der Waals surface area contributed by atoms with E-state index in [1.165, 1.54) is 0 Å². The van der Waals surface area contributed by atoms with Gasteiger partial charge in [-0.15, -0.1) is 0 Å². The first-order valence-electron chi connectivity index (χ1n) is 9.97. The number of nitrogens with zero attached hydrogens (tertiary/aromatic N) is 3. The molecule has 1 aromatic rings. The molecule has 1 saturated heterocycles. The van der Waals surface area contributed by atoms with Crippen LogP contribution in [0, 0.1) is 0 Å². The Kier molecular flexibility index (Phi) is 9.35. The van der Waals surface area contributed by atoms with Crippen molar-refractivity contribution in [1.82, 2.24) is 14.5 Å². The molecule has 1 aliphatic rings. The number of methoxy groups -OCH3 is 1. The number of rotatable bonds is 9. The van der Waals surface area contributed by atoms with Crippen LogP contribution in [0.25, 0.3) is 0 Å². The van der Waals surface area contributed by atoms with Crippen LogP contribution in [-0.2, 0) is 32.6 Å². The van der Waals surface area contributed by atoms with Crippen LogP contribution in [0.5, 0.6) is 0 Å². The molecule has 0 aliphatic carbocycles. The fourth-order valence-corrected chi connectivity index (χ4v) is 4.41. The highest BCUT2D eigenvalue weighted by Crippen LogP contribution is 2.10. The number of ether oxygens (including phenoxy) is 2. The maximum Gasteiger partial charge on any atom is 0.216 e. The van der Waals surface area contributed by atoms with E-state index in [0.717, 1.165) is 17.1 Å². The lowest BCUT2D eigenvalue weighted by Crippen LogP contribution is -2.54. The minimum absolute atomic E-state index is 0.0250. The lowest BCUT2D eigenvalue weighted by molar-refractivity contribution is 0.0904. The second-order valence-corrected chi connectivity index (χ2v) is 9.36. The van der Waals surface area contributed by atoms with Gasteiger partial charge in [-0.2, -0.15) is 4.31 Å². The summed E-state index contributed by atoms with van der Waals surface area (Å²) in [6, 6.07) is 8.24. The molecule has 1 N–H and O–H groups in total. The van der Waals surface area contributed by atoms with Crippen LogP contribution in [0.2, 0.25) is 0 Å². The number of hydrogen-bond acceptors (Lipinski definition) is 5.